The van der Waals surface area contributed by atoms with E-state index in [0.717, 1.165) is 37.4 Å². The molecule has 1 rings (SSSR count). The van der Waals surface area contributed by atoms with Gasteiger partial charge < -0.3 is 10.2 Å². The van der Waals surface area contributed by atoms with E-state index in [9.17, 15) is 4.79 Å². The molecule has 17 heavy (non-hydrogen) atoms. The molecule has 1 unspecified atom stereocenters. The van der Waals surface area contributed by atoms with Crippen LogP contribution in [0.4, 0.5) is 0 Å². The van der Waals surface area contributed by atoms with Crippen molar-refractivity contribution in [1.82, 2.24) is 10.2 Å². The van der Waals surface area contributed by atoms with Crippen LogP contribution in [-0.4, -0.2) is 47.5 Å². The quantitative estimate of drug-likeness (QED) is 0.573. The normalized spacial score (nSPS) is 20.7. The van der Waals surface area contributed by atoms with Gasteiger partial charge >= 0.3 is 0 Å². The van der Waals surface area contributed by atoms with Crippen molar-refractivity contribution in [3.63, 3.8) is 0 Å². The summed E-state index contributed by atoms with van der Waals surface area (Å²) in [6.07, 6.45) is 7.25. The van der Waals surface area contributed by atoms with Crippen LogP contribution >= 0.6 is 11.8 Å². The van der Waals surface area contributed by atoms with Crippen molar-refractivity contribution in [2.24, 2.45) is 0 Å². The summed E-state index contributed by atoms with van der Waals surface area (Å²) in [4.78, 5) is 14.1. The lowest BCUT2D eigenvalue weighted by Crippen LogP contribution is -2.52. The molecule has 0 aromatic carbocycles. The number of carbonyl (C=O) groups is 1. The number of rotatable bonds is 6. The molecule has 1 atom stereocenters. The zero-order chi connectivity index (χ0) is 12.7. The highest BCUT2D eigenvalue weighted by Crippen LogP contribution is 2.13. The number of likely N-dealkylation sites (tertiary alicyclic amines) is 1. The third kappa shape index (κ3) is 5.01. The lowest BCUT2D eigenvalue weighted by atomic mass is 10.0. The summed E-state index contributed by atoms with van der Waals surface area (Å²) in [5.74, 6) is 4.52. The number of thioether (sulfide) groups is 1. The minimum absolute atomic E-state index is 0.0152. The minimum Gasteiger partial charge on any atom is -0.341 e. The first kappa shape index (κ1) is 14.4. The number of nitrogens with one attached hydrogen (secondary N) is 1. The van der Waals surface area contributed by atoms with E-state index in [1.54, 1.807) is 11.8 Å². The summed E-state index contributed by atoms with van der Waals surface area (Å²) in [7, 11) is 0. The van der Waals surface area contributed by atoms with Crippen LogP contribution in [0.2, 0.25) is 0 Å². The predicted molar refractivity (Wildman–Crippen MR) is 74.0 cm³/mol. The predicted octanol–water partition coefficient (Wildman–Crippen LogP) is 1.34. The molecule has 0 spiro atoms. The Morgan fingerprint density at radius 2 is 2.41 bits per heavy atom. The fraction of sp³-hybridized carbons (Fsp3) is 0.769. The molecular weight excluding hydrogens is 232 g/mol. The Bertz CT molecular complexity index is 286. The maximum Gasteiger partial charge on any atom is 0.239 e. The van der Waals surface area contributed by atoms with Crippen LogP contribution < -0.4 is 5.32 Å². The van der Waals surface area contributed by atoms with Crippen molar-refractivity contribution in [1.29, 1.82) is 0 Å². The van der Waals surface area contributed by atoms with Crippen LogP contribution in [0, 0.1) is 12.3 Å². The Kier molecular flexibility index (Phi) is 6.46. The van der Waals surface area contributed by atoms with Crippen molar-refractivity contribution in [2.45, 2.75) is 38.8 Å². The van der Waals surface area contributed by atoms with Gasteiger partial charge in [-0.2, -0.15) is 0 Å². The Labute approximate surface area is 109 Å². The largest absolute Gasteiger partial charge is 0.341 e. The molecule has 1 saturated heterocycles. The van der Waals surface area contributed by atoms with Crippen LogP contribution in [0.5, 0.6) is 0 Å². The monoisotopic (exact) mass is 254 g/mol. The van der Waals surface area contributed by atoms with Gasteiger partial charge in [-0.1, -0.05) is 19.8 Å². The Hall–Kier alpha value is -0.660. The lowest BCUT2D eigenvalue weighted by molar-refractivity contribution is -0.135. The highest BCUT2D eigenvalue weighted by atomic mass is 32.2. The fourth-order valence-corrected chi connectivity index (χ4v) is 2.64. The first-order chi connectivity index (χ1) is 8.15. The summed E-state index contributed by atoms with van der Waals surface area (Å²) in [6, 6.07) is 0.376. The van der Waals surface area contributed by atoms with E-state index < -0.39 is 0 Å². The Morgan fingerprint density at radius 3 is 3.06 bits per heavy atom. The van der Waals surface area contributed by atoms with Crippen molar-refractivity contribution in [3.8, 4) is 12.3 Å². The van der Waals surface area contributed by atoms with Crippen LogP contribution in [0.15, 0.2) is 0 Å². The van der Waals surface area contributed by atoms with Gasteiger partial charge in [0, 0.05) is 24.9 Å². The van der Waals surface area contributed by atoms with Gasteiger partial charge in [0.25, 0.3) is 0 Å². The van der Waals surface area contributed by atoms with E-state index >= 15 is 0 Å². The fourth-order valence-electron chi connectivity index (χ4n) is 2.03. The second-order valence-electron chi connectivity index (χ2n) is 4.60. The third-order valence-corrected chi connectivity index (χ3v) is 3.60. The zero-order valence-corrected chi connectivity index (χ0v) is 11.6. The average molecular weight is 254 g/mol. The van der Waals surface area contributed by atoms with E-state index in [1.165, 1.54) is 0 Å². The summed E-state index contributed by atoms with van der Waals surface area (Å²) in [5.41, 5.74) is 0. The van der Waals surface area contributed by atoms with Crippen molar-refractivity contribution < 1.29 is 4.79 Å². The number of nitrogens with zero attached hydrogens (tertiary/aromatic N) is 1. The lowest BCUT2D eigenvalue weighted by Gasteiger charge is -2.33. The minimum atomic E-state index is 0.0152. The number of hydrogen-bond acceptors (Lipinski definition) is 3. The summed E-state index contributed by atoms with van der Waals surface area (Å²) in [5, 5.41) is 3.33. The van der Waals surface area contributed by atoms with Gasteiger partial charge in [-0.15, -0.1) is 18.2 Å². The van der Waals surface area contributed by atoms with E-state index in [-0.39, 0.29) is 11.9 Å². The molecule has 96 valence electrons. The molecule has 1 amide bonds. The van der Waals surface area contributed by atoms with Gasteiger partial charge in [-0.05, 0) is 12.8 Å². The molecule has 4 heteroatoms. The van der Waals surface area contributed by atoms with Gasteiger partial charge in [0.05, 0.1) is 11.8 Å². The van der Waals surface area contributed by atoms with Gasteiger partial charge in [-0.3, -0.25) is 4.79 Å². The zero-order valence-electron chi connectivity index (χ0n) is 10.7. The maximum absolute atomic E-state index is 12.1. The molecule has 1 fully saturated rings. The van der Waals surface area contributed by atoms with Crippen molar-refractivity contribution in [3.05, 3.63) is 0 Å². The van der Waals surface area contributed by atoms with Crippen LogP contribution in [0.3, 0.4) is 0 Å². The maximum atomic E-state index is 12.1. The standard InChI is InChI=1S/C13H22N2OS/c1-4-9-17-10-8-15-7-5-6-12(13(15)16)14-11(2)3/h1,11-12,14H,5-10H2,2-3H3. The SMILES string of the molecule is C#CCSCCN1CCCC(NC(C)C)C1=O. The summed E-state index contributed by atoms with van der Waals surface area (Å²) in [6.45, 7) is 5.87. The van der Waals surface area contributed by atoms with E-state index in [0.29, 0.717) is 6.04 Å². The number of hydrogen-bond donors (Lipinski definition) is 1. The van der Waals surface area contributed by atoms with Gasteiger partial charge in [0.15, 0.2) is 0 Å². The second-order valence-corrected chi connectivity index (χ2v) is 5.70. The Balaban J connectivity index is 2.34. The number of amides is 1. The van der Waals surface area contributed by atoms with Crippen LogP contribution in [-0.2, 0) is 4.79 Å². The average Bonchev–Trinajstić information content (AvgIpc) is 2.28. The molecule has 0 aromatic heterocycles. The highest BCUT2D eigenvalue weighted by Gasteiger charge is 2.28. The third-order valence-electron chi connectivity index (χ3n) is 2.76. The highest BCUT2D eigenvalue weighted by molar-refractivity contribution is 7.99. The first-order valence-electron chi connectivity index (χ1n) is 6.21. The second kappa shape index (κ2) is 7.62. The summed E-state index contributed by atoms with van der Waals surface area (Å²) >= 11 is 1.71. The molecule has 1 aliphatic rings. The number of terminal acetylenes is 1. The molecule has 3 nitrogen and oxygen atoms in total. The number of piperidine rings is 1. The van der Waals surface area contributed by atoms with E-state index in [1.807, 2.05) is 4.90 Å². The van der Waals surface area contributed by atoms with Crippen molar-refractivity contribution in [2.75, 3.05) is 24.6 Å². The molecule has 1 aliphatic heterocycles. The molecule has 1 N–H and O–H groups in total. The molecule has 0 aliphatic carbocycles. The van der Waals surface area contributed by atoms with E-state index in [4.69, 9.17) is 6.42 Å². The van der Waals surface area contributed by atoms with Gasteiger partial charge in [0.1, 0.15) is 0 Å². The van der Waals surface area contributed by atoms with E-state index in [2.05, 4.69) is 25.1 Å². The molecule has 0 aromatic rings. The van der Waals surface area contributed by atoms with Gasteiger partial charge in [0.2, 0.25) is 5.91 Å². The first-order valence-corrected chi connectivity index (χ1v) is 7.36. The van der Waals surface area contributed by atoms with Crippen LogP contribution in [0.1, 0.15) is 26.7 Å². The smallest absolute Gasteiger partial charge is 0.239 e. The molecular formula is C13H22N2OS. The van der Waals surface area contributed by atoms with Crippen molar-refractivity contribution >= 4 is 17.7 Å². The Morgan fingerprint density at radius 1 is 1.65 bits per heavy atom. The molecule has 0 bridgehead atoms. The molecule has 0 radical (unpaired) electrons. The van der Waals surface area contributed by atoms with Gasteiger partial charge in [-0.25, -0.2) is 0 Å². The molecule has 0 saturated carbocycles. The molecule has 1 heterocycles. The van der Waals surface area contributed by atoms with Crippen LogP contribution in [0.25, 0.3) is 0 Å². The number of carbonyl (C=O) groups excluding carboxylic acids is 1. The summed E-state index contributed by atoms with van der Waals surface area (Å²) < 4.78 is 0. The topological polar surface area (TPSA) is 32.3 Å².